The second-order valence-corrected chi connectivity index (χ2v) is 10.5. The van der Waals surface area contributed by atoms with Gasteiger partial charge in [0, 0.05) is 22.6 Å². The summed E-state index contributed by atoms with van der Waals surface area (Å²) < 4.78 is 33.8. The minimum absolute atomic E-state index is 0.0244. The minimum Gasteiger partial charge on any atom is -0.461 e. The number of aromatic nitrogens is 1. The Morgan fingerprint density at radius 1 is 1.26 bits per heavy atom. The van der Waals surface area contributed by atoms with E-state index in [1.54, 1.807) is 0 Å². The molecule has 1 saturated carbocycles. The van der Waals surface area contributed by atoms with Gasteiger partial charge >= 0.3 is 5.97 Å². The van der Waals surface area contributed by atoms with Crippen molar-refractivity contribution in [3.8, 4) is 0 Å². The molecule has 1 aromatic carbocycles. The second kappa shape index (κ2) is 7.08. The Bertz CT molecular complexity index is 1070. The largest absolute Gasteiger partial charge is 0.461 e. The van der Waals surface area contributed by atoms with E-state index in [0.717, 1.165) is 42.0 Å². The van der Waals surface area contributed by atoms with E-state index in [2.05, 4.69) is 24.1 Å². The number of carbonyl (C=O) groups excluding carboxylic acids is 2. The van der Waals surface area contributed by atoms with Gasteiger partial charge in [0.25, 0.3) is 5.91 Å². The van der Waals surface area contributed by atoms with E-state index in [9.17, 15) is 18.4 Å². The Morgan fingerprint density at radius 2 is 1.97 bits per heavy atom. The molecule has 0 radical (unpaired) electrons. The lowest BCUT2D eigenvalue weighted by molar-refractivity contribution is -0.149. The van der Waals surface area contributed by atoms with Crippen molar-refractivity contribution in [3.05, 3.63) is 46.0 Å². The monoisotopic (exact) mass is 446 g/mol. The number of anilines is 1. The van der Waals surface area contributed by atoms with Gasteiger partial charge in [0.2, 0.25) is 0 Å². The van der Waals surface area contributed by atoms with E-state index < -0.39 is 23.1 Å². The van der Waals surface area contributed by atoms with Gasteiger partial charge in [0.1, 0.15) is 23.3 Å². The quantitative estimate of drug-likeness (QED) is 0.665. The molecule has 1 saturated heterocycles. The second-order valence-electron chi connectivity index (χ2n) is 9.42. The molecule has 2 aromatic rings. The smallest absolute Gasteiger partial charge is 0.309 e. The lowest BCUT2D eigenvalue weighted by atomic mass is 9.54. The molecule has 2 aliphatic carbocycles. The van der Waals surface area contributed by atoms with Gasteiger partial charge in [-0.3, -0.25) is 14.9 Å². The third kappa shape index (κ3) is 3.10. The fourth-order valence-corrected chi connectivity index (χ4v) is 7.27. The molecule has 164 valence electrons. The van der Waals surface area contributed by atoms with Gasteiger partial charge < -0.3 is 4.74 Å². The Hall–Kier alpha value is -2.35. The van der Waals surface area contributed by atoms with E-state index >= 15 is 0 Å². The zero-order chi connectivity index (χ0) is 22.1. The van der Waals surface area contributed by atoms with Crippen molar-refractivity contribution in [3.63, 3.8) is 0 Å². The van der Waals surface area contributed by atoms with E-state index in [1.807, 2.05) is 6.92 Å². The highest BCUT2D eigenvalue weighted by Crippen LogP contribution is 2.59. The van der Waals surface area contributed by atoms with Gasteiger partial charge in [-0.15, -0.1) is 11.3 Å². The molecule has 5 rings (SSSR count). The fourth-order valence-electron chi connectivity index (χ4n) is 6.01. The fraction of sp³-hybridized carbons (Fsp3) is 0.522. The Balaban J connectivity index is 1.44. The molecule has 0 spiro atoms. The SMILES string of the molecule is C[C@@H]1C(=O)O[C@@H]2[C@H]1CC[C@]1(C)Cc3sc(NC(=O)c4c(F)cccc4F)nc3[C@H](C)[C@H]21. The molecule has 1 amide bonds. The molecule has 5 nitrogen and oxygen atoms in total. The van der Waals surface area contributed by atoms with Crippen LogP contribution in [0.5, 0.6) is 0 Å². The lowest BCUT2D eigenvalue weighted by Gasteiger charge is -2.51. The molecule has 8 heteroatoms. The molecule has 2 heterocycles. The highest BCUT2D eigenvalue weighted by atomic mass is 32.1. The predicted molar refractivity (Wildman–Crippen MR) is 112 cm³/mol. The molecule has 0 unspecified atom stereocenters. The number of amides is 1. The number of nitrogens with one attached hydrogen (secondary N) is 1. The van der Waals surface area contributed by atoms with Crippen LogP contribution in [0.1, 0.15) is 60.5 Å². The van der Waals surface area contributed by atoms with Crippen LogP contribution in [0, 0.1) is 34.8 Å². The van der Waals surface area contributed by atoms with Gasteiger partial charge in [0.15, 0.2) is 5.13 Å². The van der Waals surface area contributed by atoms with E-state index in [1.165, 1.54) is 17.4 Å². The van der Waals surface area contributed by atoms with Crippen LogP contribution in [0.3, 0.4) is 0 Å². The predicted octanol–water partition coefficient (Wildman–Crippen LogP) is 4.93. The normalized spacial score (nSPS) is 33.8. The first-order valence-corrected chi connectivity index (χ1v) is 11.5. The van der Waals surface area contributed by atoms with Crippen LogP contribution in [-0.2, 0) is 16.0 Å². The summed E-state index contributed by atoms with van der Waals surface area (Å²) >= 11 is 1.36. The number of hydrogen-bond acceptors (Lipinski definition) is 5. The zero-order valence-electron chi connectivity index (χ0n) is 17.6. The Labute approximate surface area is 183 Å². The van der Waals surface area contributed by atoms with Crippen molar-refractivity contribution in [2.45, 2.75) is 52.1 Å². The van der Waals surface area contributed by atoms with Crippen LogP contribution in [-0.4, -0.2) is 23.0 Å². The lowest BCUT2D eigenvalue weighted by Crippen LogP contribution is -2.50. The summed E-state index contributed by atoms with van der Waals surface area (Å²) in [5.41, 5.74) is 0.246. The maximum Gasteiger partial charge on any atom is 0.309 e. The van der Waals surface area contributed by atoms with Crippen molar-refractivity contribution in [2.75, 3.05) is 5.32 Å². The third-order valence-corrected chi connectivity index (χ3v) is 8.55. The standard InChI is InChI=1S/C23H24F2N2O3S/c1-10-12-7-8-23(3)9-15-18(11(2)17(23)19(12)30-21(10)29)26-22(31-15)27-20(28)16-13(24)5-4-6-14(16)25/h4-6,10-12,17,19H,7-9H2,1-3H3,(H,26,27,28)/t10-,11+,12-,17+,19+,23+/m0/s1. The number of rotatable bonds is 2. The molecule has 1 N–H and O–H groups in total. The van der Waals surface area contributed by atoms with E-state index in [4.69, 9.17) is 4.74 Å². The third-order valence-electron chi connectivity index (χ3n) is 7.57. The van der Waals surface area contributed by atoms with Gasteiger partial charge in [0.05, 0.1) is 11.6 Å². The van der Waals surface area contributed by atoms with E-state index in [0.29, 0.717) is 5.13 Å². The molecule has 0 bridgehead atoms. The van der Waals surface area contributed by atoms with Gasteiger partial charge in [-0.1, -0.05) is 26.8 Å². The maximum absolute atomic E-state index is 14.0. The van der Waals surface area contributed by atoms with E-state index in [-0.39, 0.29) is 41.2 Å². The Kier molecular flexibility index (Phi) is 4.70. The molecule has 2 fully saturated rings. The summed E-state index contributed by atoms with van der Waals surface area (Å²) in [6.45, 7) is 6.30. The summed E-state index contributed by atoms with van der Waals surface area (Å²) in [5.74, 6) is -2.43. The molecule has 31 heavy (non-hydrogen) atoms. The van der Waals surface area contributed by atoms with Gasteiger partial charge in [-0.05, 0) is 36.8 Å². The van der Waals surface area contributed by atoms with Crippen molar-refractivity contribution in [1.29, 1.82) is 0 Å². The number of hydrogen-bond donors (Lipinski definition) is 1. The first kappa shape index (κ1) is 20.5. The average molecular weight is 447 g/mol. The summed E-state index contributed by atoms with van der Waals surface area (Å²) in [6, 6.07) is 3.33. The molecular weight excluding hydrogens is 422 g/mol. The van der Waals surface area contributed by atoms with Crippen molar-refractivity contribution < 1.29 is 23.1 Å². The summed E-state index contributed by atoms with van der Waals surface area (Å²) in [4.78, 5) is 30.5. The molecular formula is C23H24F2N2O3S. The van der Waals surface area contributed by atoms with Crippen molar-refractivity contribution in [2.24, 2.45) is 23.2 Å². The van der Waals surface area contributed by atoms with Crippen LogP contribution in [0.15, 0.2) is 18.2 Å². The number of thiazole rings is 1. The topological polar surface area (TPSA) is 68.3 Å². The van der Waals surface area contributed by atoms with Crippen molar-refractivity contribution >= 4 is 28.3 Å². The van der Waals surface area contributed by atoms with Crippen LogP contribution >= 0.6 is 11.3 Å². The van der Waals surface area contributed by atoms with Crippen LogP contribution < -0.4 is 5.32 Å². The highest BCUT2D eigenvalue weighted by molar-refractivity contribution is 7.15. The summed E-state index contributed by atoms with van der Waals surface area (Å²) in [6.07, 6.45) is 2.64. The van der Waals surface area contributed by atoms with Crippen LogP contribution in [0.4, 0.5) is 13.9 Å². The zero-order valence-corrected chi connectivity index (χ0v) is 18.4. The molecule has 1 aromatic heterocycles. The molecule has 3 aliphatic rings. The van der Waals surface area contributed by atoms with Crippen LogP contribution in [0.2, 0.25) is 0 Å². The molecule has 6 atom stereocenters. The van der Waals surface area contributed by atoms with Gasteiger partial charge in [-0.25, -0.2) is 13.8 Å². The highest BCUT2D eigenvalue weighted by Gasteiger charge is 2.58. The molecule has 1 aliphatic heterocycles. The number of ether oxygens (including phenoxy) is 1. The number of carbonyl (C=O) groups is 2. The number of nitrogens with zero attached hydrogens (tertiary/aromatic N) is 1. The summed E-state index contributed by atoms with van der Waals surface area (Å²) in [5, 5.41) is 2.91. The van der Waals surface area contributed by atoms with Gasteiger partial charge in [-0.2, -0.15) is 0 Å². The van der Waals surface area contributed by atoms with Crippen molar-refractivity contribution in [1.82, 2.24) is 4.98 Å². The number of fused-ring (bicyclic) bond motifs is 4. The Morgan fingerprint density at radius 3 is 2.68 bits per heavy atom. The minimum atomic E-state index is -0.908. The summed E-state index contributed by atoms with van der Waals surface area (Å²) in [7, 11) is 0. The van der Waals surface area contributed by atoms with Crippen LogP contribution in [0.25, 0.3) is 0 Å². The average Bonchev–Trinajstić information content (AvgIpc) is 3.21. The number of halogens is 2. The first-order valence-electron chi connectivity index (χ1n) is 10.6. The maximum atomic E-state index is 14.0. The first-order chi connectivity index (χ1) is 14.7. The number of benzene rings is 1. The number of esters is 1.